The highest BCUT2D eigenvalue weighted by Crippen LogP contribution is 2.34. The van der Waals surface area contributed by atoms with Gasteiger partial charge in [0.25, 0.3) is 0 Å². The Morgan fingerprint density at radius 1 is 1.09 bits per heavy atom. The van der Waals surface area contributed by atoms with Crippen LogP contribution in [0.25, 0.3) is 16.7 Å². The lowest BCUT2D eigenvalue weighted by molar-refractivity contribution is -0.137. The lowest BCUT2D eigenvalue weighted by Gasteiger charge is -2.11. The summed E-state index contributed by atoms with van der Waals surface area (Å²) in [7, 11) is 0. The molecule has 0 aliphatic carbocycles. The van der Waals surface area contributed by atoms with Crippen LogP contribution in [0.4, 0.5) is 18.9 Å². The van der Waals surface area contributed by atoms with Gasteiger partial charge in [0.05, 0.1) is 39.3 Å². The predicted molar refractivity (Wildman–Crippen MR) is 117 cm³/mol. The van der Waals surface area contributed by atoms with Crippen molar-refractivity contribution >= 4 is 57.6 Å². The topological polar surface area (TPSA) is 72.7 Å². The average molecular weight is 498 g/mol. The van der Waals surface area contributed by atoms with Crippen molar-refractivity contribution in [2.24, 2.45) is 0 Å². The van der Waals surface area contributed by atoms with E-state index in [1.807, 2.05) is 0 Å². The highest BCUT2D eigenvalue weighted by molar-refractivity contribution is 8.00. The number of aromatic nitrogens is 4. The summed E-state index contributed by atoms with van der Waals surface area (Å²) in [4.78, 5) is 20.8. The average Bonchev–Trinajstić information content (AvgIpc) is 3.18. The molecule has 2 aromatic carbocycles. The summed E-state index contributed by atoms with van der Waals surface area (Å²) < 4.78 is 40.3. The number of benzene rings is 2. The molecular weight excluding hydrogens is 486 g/mol. The highest BCUT2D eigenvalue weighted by Gasteiger charge is 2.31. The van der Waals surface area contributed by atoms with Gasteiger partial charge in [-0.05, 0) is 42.5 Å². The molecule has 32 heavy (non-hydrogen) atoms. The second kappa shape index (κ2) is 8.97. The lowest BCUT2D eigenvalue weighted by Crippen LogP contribution is -2.15. The number of alkyl halides is 3. The maximum Gasteiger partial charge on any atom is 0.416 e. The molecule has 164 valence electrons. The summed E-state index contributed by atoms with van der Waals surface area (Å²) in [5, 5.41) is 8.45. The van der Waals surface area contributed by atoms with Gasteiger partial charge in [0, 0.05) is 5.02 Å². The highest BCUT2D eigenvalue weighted by atomic mass is 35.5. The van der Waals surface area contributed by atoms with Crippen LogP contribution in [0.5, 0.6) is 0 Å². The molecular formula is C20H12Cl2F3N5OS. The van der Waals surface area contributed by atoms with E-state index in [0.29, 0.717) is 21.1 Å². The van der Waals surface area contributed by atoms with E-state index in [4.69, 9.17) is 23.2 Å². The predicted octanol–water partition coefficient (Wildman–Crippen LogP) is 5.87. The number of fused-ring (bicyclic) bond motifs is 1. The largest absolute Gasteiger partial charge is 0.416 e. The van der Waals surface area contributed by atoms with Gasteiger partial charge in [0.15, 0.2) is 5.65 Å². The second-order valence-corrected chi connectivity index (χ2v) is 8.29. The third-order valence-electron chi connectivity index (χ3n) is 4.31. The van der Waals surface area contributed by atoms with Gasteiger partial charge in [-0.3, -0.25) is 4.79 Å². The summed E-state index contributed by atoms with van der Waals surface area (Å²) in [6.07, 6.45) is -1.62. The van der Waals surface area contributed by atoms with Crippen LogP contribution in [0, 0.1) is 0 Å². The smallest absolute Gasteiger partial charge is 0.324 e. The Kier molecular flexibility index (Phi) is 6.27. The van der Waals surface area contributed by atoms with Crippen molar-refractivity contribution in [1.29, 1.82) is 0 Å². The van der Waals surface area contributed by atoms with E-state index in [1.165, 1.54) is 6.33 Å². The molecule has 0 saturated heterocycles. The number of carbonyl (C=O) groups is 1. The first-order valence-corrected chi connectivity index (χ1v) is 10.7. The lowest BCUT2D eigenvalue weighted by atomic mass is 10.2. The number of thioether (sulfide) groups is 1. The van der Waals surface area contributed by atoms with Crippen molar-refractivity contribution in [3.8, 4) is 5.69 Å². The fourth-order valence-electron chi connectivity index (χ4n) is 2.83. The maximum absolute atomic E-state index is 12.9. The minimum Gasteiger partial charge on any atom is -0.324 e. The van der Waals surface area contributed by atoms with Gasteiger partial charge in [0.2, 0.25) is 5.91 Å². The quantitative estimate of drug-likeness (QED) is 0.275. The minimum atomic E-state index is -4.55. The minimum absolute atomic E-state index is 0.00465. The number of rotatable bonds is 5. The summed E-state index contributed by atoms with van der Waals surface area (Å²) in [5.74, 6) is -0.641. The van der Waals surface area contributed by atoms with E-state index in [0.717, 1.165) is 35.6 Å². The number of hydrogen-bond donors (Lipinski definition) is 1. The molecule has 0 radical (unpaired) electrons. The Morgan fingerprint density at radius 2 is 1.84 bits per heavy atom. The molecule has 4 aromatic rings. The Morgan fingerprint density at radius 3 is 2.56 bits per heavy atom. The molecule has 4 rings (SSSR count). The third-order valence-corrected chi connectivity index (χ3v) is 5.90. The van der Waals surface area contributed by atoms with Crippen LogP contribution < -0.4 is 5.32 Å². The van der Waals surface area contributed by atoms with Gasteiger partial charge in [0.1, 0.15) is 11.4 Å². The van der Waals surface area contributed by atoms with Gasteiger partial charge < -0.3 is 5.32 Å². The Bertz CT molecular complexity index is 1290. The van der Waals surface area contributed by atoms with Crippen LogP contribution in [-0.2, 0) is 11.0 Å². The number of carbonyl (C=O) groups excluding carboxylic acids is 1. The number of nitrogens with zero attached hydrogens (tertiary/aromatic N) is 4. The van der Waals surface area contributed by atoms with Crippen molar-refractivity contribution in [2.45, 2.75) is 11.2 Å². The zero-order valence-electron chi connectivity index (χ0n) is 15.9. The van der Waals surface area contributed by atoms with E-state index < -0.39 is 17.6 Å². The molecule has 2 heterocycles. The van der Waals surface area contributed by atoms with Crippen LogP contribution in [-0.4, -0.2) is 31.4 Å². The standard InChI is InChI=1S/C20H12Cl2F3N5OS/c21-12-2-4-13(5-3-12)30-18-14(8-28-30)19(27-10-26-18)32-9-17(31)29-16-7-11(20(23,24)25)1-6-15(16)22/h1-8,10H,9H2,(H,29,31). The van der Waals surface area contributed by atoms with E-state index in [2.05, 4.69) is 20.4 Å². The first-order chi connectivity index (χ1) is 15.2. The van der Waals surface area contributed by atoms with Crippen LogP contribution in [0.1, 0.15) is 5.56 Å². The van der Waals surface area contributed by atoms with Crippen LogP contribution in [0.2, 0.25) is 10.0 Å². The van der Waals surface area contributed by atoms with Gasteiger partial charge in [-0.1, -0.05) is 35.0 Å². The fraction of sp³-hybridized carbons (Fsp3) is 0.100. The fourth-order valence-corrected chi connectivity index (χ4v) is 3.88. The molecule has 2 aromatic heterocycles. The third kappa shape index (κ3) is 4.82. The summed E-state index contributed by atoms with van der Waals surface area (Å²) >= 11 is 13.0. The van der Waals surface area contributed by atoms with Gasteiger partial charge >= 0.3 is 6.18 Å². The molecule has 12 heteroatoms. The normalized spacial score (nSPS) is 11.7. The molecule has 6 nitrogen and oxygen atoms in total. The molecule has 1 N–H and O–H groups in total. The van der Waals surface area contributed by atoms with E-state index in [-0.39, 0.29) is 16.5 Å². The molecule has 0 spiro atoms. The first kappa shape index (κ1) is 22.4. The van der Waals surface area contributed by atoms with Crippen molar-refractivity contribution < 1.29 is 18.0 Å². The Balaban J connectivity index is 1.50. The first-order valence-electron chi connectivity index (χ1n) is 8.96. The van der Waals surface area contributed by atoms with E-state index >= 15 is 0 Å². The van der Waals surface area contributed by atoms with E-state index in [9.17, 15) is 18.0 Å². The zero-order valence-corrected chi connectivity index (χ0v) is 18.2. The second-order valence-electron chi connectivity index (χ2n) is 6.48. The zero-order chi connectivity index (χ0) is 22.9. The molecule has 0 bridgehead atoms. The van der Waals surface area contributed by atoms with Gasteiger partial charge in [-0.15, -0.1) is 0 Å². The molecule has 1 amide bonds. The SMILES string of the molecule is O=C(CSc1ncnc2c1cnn2-c1ccc(Cl)cc1)Nc1cc(C(F)(F)F)ccc1Cl. The maximum atomic E-state index is 12.9. The van der Waals surface area contributed by atoms with Crippen molar-refractivity contribution in [3.63, 3.8) is 0 Å². The number of halogens is 5. The van der Waals surface area contributed by atoms with Gasteiger partial charge in [-0.2, -0.15) is 18.3 Å². The van der Waals surface area contributed by atoms with Crippen LogP contribution >= 0.6 is 35.0 Å². The summed E-state index contributed by atoms with van der Waals surface area (Å²) in [6.45, 7) is 0. The Hall–Kier alpha value is -2.82. The molecule has 0 aliphatic rings. The molecule has 0 aliphatic heterocycles. The van der Waals surface area contributed by atoms with Crippen molar-refractivity contribution in [1.82, 2.24) is 19.7 Å². The summed E-state index contributed by atoms with van der Waals surface area (Å²) in [6, 6.07) is 9.76. The monoisotopic (exact) mass is 497 g/mol. The number of hydrogen-bond acceptors (Lipinski definition) is 5. The number of amides is 1. The molecule has 0 saturated carbocycles. The van der Waals surface area contributed by atoms with Crippen LogP contribution in [0.3, 0.4) is 0 Å². The van der Waals surface area contributed by atoms with E-state index in [1.54, 1.807) is 35.1 Å². The number of nitrogens with one attached hydrogen (secondary N) is 1. The summed E-state index contributed by atoms with van der Waals surface area (Å²) in [5.41, 5.74) is 0.259. The van der Waals surface area contributed by atoms with Crippen molar-refractivity contribution in [3.05, 3.63) is 70.6 Å². The molecule has 0 unspecified atom stereocenters. The van der Waals surface area contributed by atoms with Crippen LogP contribution in [0.15, 0.2) is 60.0 Å². The molecule has 0 fully saturated rings. The van der Waals surface area contributed by atoms with Crippen molar-refractivity contribution in [2.75, 3.05) is 11.1 Å². The van der Waals surface area contributed by atoms with Gasteiger partial charge in [-0.25, -0.2) is 14.6 Å². The molecule has 0 atom stereocenters. The number of anilines is 1. The Labute approximate surface area is 193 Å².